The highest BCUT2D eigenvalue weighted by atomic mass is 16.5. The van der Waals surface area contributed by atoms with Gasteiger partial charge in [-0.2, -0.15) is 0 Å². The van der Waals surface area contributed by atoms with Crippen molar-refractivity contribution in [3.8, 4) is 5.75 Å². The van der Waals surface area contributed by atoms with Gasteiger partial charge in [-0.05, 0) is 64.1 Å². The van der Waals surface area contributed by atoms with Gasteiger partial charge in [0.25, 0.3) is 0 Å². The first-order valence-electron chi connectivity index (χ1n) is 8.17. The average molecular weight is 313 g/mol. The molecule has 3 nitrogen and oxygen atoms in total. The van der Waals surface area contributed by atoms with Crippen LogP contribution in [0.3, 0.4) is 0 Å². The molecular weight excluding hydrogens is 286 g/mol. The molecule has 2 rings (SSSR count). The molecule has 3 heteroatoms. The third-order valence-electron chi connectivity index (χ3n) is 3.47. The minimum absolute atomic E-state index is 0.247. The van der Waals surface area contributed by atoms with Crippen molar-refractivity contribution >= 4 is 11.4 Å². The molecule has 0 heterocycles. The third kappa shape index (κ3) is 6.33. The molecule has 0 aliphatic heterocycles. The lowest BCUT2D eigenvalue weighted by Gasteiger charge is -2.27. The van der Waals surface area contributed by atoms with Gasteiger partial charge in [0.1, 0.15) is 11.4 Å². The van der Waals surface area contributed by atoms with Crippen LogP contribution in [-0.4, -0.2) is 18.3 Å². The van der Waals surface area contributed by atoms with Gasteiger partial charge in [0, 0.05) is 17.8 Å². The average Bonchev–Trinajstić information content (AvgIpc) is 2.49. The Labute approximate surface area is 139 Å². The summed E-state index contributed by atoms with van der Waals surface area (Å²) in [6.45, 7) is 8.98. The summed E-state index contributed by atoms with van der Waals surface area (Å²) in [5.74, 6) is 0.873. The SMILES string of the molecule is CC(C)OCCC(C)(C)Oc1ccc(Nc2ccccc2)cc1. The molecule has 2 aromatic rings. The van der Waals surface area contributed by atoms with Crippen LogP contribution in [0.2, 0.25) is 0 Å². The summed E-state index contributed by atoms with van der Waals surface area (Å²) in [5, 5.41) is 3.37. The molecule has 0 aliphatic rings. The summed E-state index contributed by atoms with van der Waals surface area (Å²) in [6, 6.07) is 18.2. The van der Waals surface area contributed by atoms with E-state index in [1.807, 2.05) is 68.4 Å². The van der Waals surface area contributed by atoms with E-state index in [1.165, 1.54) is 0 Å². The number of anilines is 2. The van der Waals surface area contributed by atoms with Crippen molar-refractivity contribution < 1.29 is 9.47 Å². The fourth-order valence-corrected chi connectivity index (χ4v) is 2.20. The van der Waals surface area contributed by atoms with E-state index in [2.05, 4.69) is 19.2 Å². The largest absolute Gasteiger partial charge is 0.488 e. The normalized spacial score (nSPS) is 11.5. The summed E-state index contributed by atoms with van der Waals surface area (Å²) in [7, 11) is 0. The van der Waals surface area contributed by atoms with Crippen molar-refractivity contribution in [1.82, 2.24) is 0 Å². The van der Waals surface area contributed by atoms with Gasteiger partial charge in [0.2, 0.25) is 0 Å². The van der Waals surface area contributed by atoms with Crippen molar-refractivity contribution in [1.29, 1.82) is 0 Å². The van der Waals surface area contributed by atoms with Crippen LogP contribution in [-0.2, 0) is 4.74 Å². The van der Waals surface area contributed by atoms with Gasteiger partial charge in [-0.15, -0.1) is 0 Å². The number of hydrogen-bond donors (Lipinski definition) is 1. The minimum Gasteiger partial charge on any atom is -0.488 e. The molecule has 0 atom stereocenters. The first-order chi connectivity index (χ1) is 10.9. The van der Waals surface area contributed by atoms with E-state index in [0.29, 0.717) is 6.61 Å². The second-order valence-electron chi connectivity index (χ2n) is 6.55. The Kier molecular flexibility index (Phi) is 6.05. The lowest BCUT2D eigenvalue weighted by Crippen LogP contribution is -2.30. The van der Waals surface area contributed by atoms with Crippen molar-refractivity contribution in [3.05, 3.63) is 54.6 Å². The Morgan fingerprint density at radius 3 is 2.13 bits per heavy atom. The summed E-state index contributed by atoms with van der Waals surface area (Å²) < 4.78 is 11.7. The van der Waals surface area contributed by atoms with Crippen LogP contribution in [0.4, 0.5) is 11.4 Å². The van der Waals surface area contributed by atoms with Crippen molar-refractivity contribution in [3.63, 3.8) is 0 Å². The summed E-state index contributed by atoms with van der Waals surface area (Å²) in [6.07, 6.45) is 1.11. The predicted molar refractivity (Wildman–Crippen MR) is 96.6 cm³/mol. The Hall–Kier alpha value is -2.00. The van der Waals surface area contributed by atoms with Crippen molar-refractivity contribution in [2.75, 3.05) is 11.9 Å². The van der Waals surface area contributed by atoms with Crippen LogP contribution in [0.15, 0.2) is 54.6 Å². The zero-order valence-electron chi connectivity index (χ0n) is 14.5. The Bertz CT molecular complexity index is 576. The Morgan fingerprint density at radius 1 is 0.913 bits per heavy atom. The topological polar surface area (TPSA) is 30.5 Å². The van der Waals surface area contributed by atoms with Crippen LogP contribution >= 0.6 is 0 Å². The van der Waals surface area contributed by atoms with E-state index in [9.17, 15) is 0 Å². The van der Waals surface area contributed by atoms with Gasteiger partial charge in [-0.3, -0.25) is 0 Å². The van der Waals surface area contributed by atoms with Crippen LogP contribution in [0.1, 0.15) is 34.1 Å². The van der Waals surface area contributed by atoms with Crippen molar-refractivity contribution in [2.45, 2.75) is 45.8 Å². The fourth-order valence-electron chi connectivity index (χ4n) is 2.20. The molecule has 0 aromatic heterocycles. The van der Waals surface area contributed by atoms with E-state index in [0.717, 1.165) is 23.5 Å². The van der Waals surface area contributed by atoms with E-state index in [4.69, 9.17) is 9.47 Å². The lowest BCUT2D eigenvalue weighted by atomic mass is 10.1. The van der Waals surface area contributed by atoms with Crippen LogP contribution < -0.4 is 10.1 Å². The molecule has 0 aliphatic carbocycles. The van der Waals surface area contributed by atoms with Gasteiger partial charge < -0.3 is 14.8 Å². The standard InChI is InChI=1S/C20H27NO2/c1-16(2)22-15-14-20(3,4)23-19-12-10-18(11-13-19)21-17-8-6-5-7-9-17/h5-13,16,21H,14-15H2,1-4H3. The molecule has 1 N–H and O–H groups in total. The van der Waals surface area contributed by atoms with E-state index in [1.54, 1.807) is 0 Å². The van der Waals surface area contributed by atoms with Gasteiger partial charge in [0.15, 0.2) is 0 Å². The summed E-state index contributed by atoms with van der Waals surface area (Å²) >= 11 is 0. The number of ether oxygens (including phenoxy) is 2. The smallest absolute Gasteiger partial charge is 0.120 e. The number of nitrogens with one attached hydrogen (secondary N) is 1. The molecule has 0 bridgehead atoms. The second-order valence-corrected chi connectivity index (χ2v) is 6.55. The highest BCUT2D eigenvalue weighted by molar-refractivity contribution is 5.60. The molecule has 0 unspecified atom stereocenters. The van der Waals surface area contributed by atoms with Gasteiger partial charge in [0.05, 0.1) is 12.7 Å². The maximum atomic E-state index is 6.08. The van der Waals surface area contributed by atoms with Crippen LogP contribution in [0.5, 0.6) is 5.75 Å². The maximum Gasteiger partial charge on any atom is 0.120 e. The summed E-state index contributed by atoms with van der Waals surface area (Å²) in [4.78, 5) is 0. The molecule has 0 fully saturated rings. The van der Waals surface area contributed by atoms with E-state index >= 15 is 0 Å². The maximum absolute atomic E-state index is 6.08. The molecular formula is C20H27NO2. The molecule has 0 saturated heterocycles. The van der Waals surface area contributed by atoms with Gasteiger partial charge >= 0.3 is 0 Å². The first kappa shape index (κ1) is 17.4. The zero-order valence-corrected chi connectivity index (χ0v) is 14.5. The molecule has 0 saturated carbocycles. The quantitative estimate of drug-likeness (QED) is 0.707. The van der Waals surface area contributed by atoms with Crippen LogP contribution in [0.25, 0.3) is 0 Å². The molecule has 0 amide bonds. The molecule has 124 valence electrons. The molecule has 23 heavy (non-hydrogen) atoms. The van der Waals surface area contributed by atoms with E-state index in [-0.39, 0.29) is 11.7 Å². The van der Waals surface area contributed by atoms with Gasteiger partial charge in [-0.1, -0.05) is 18.2 Å². The number of para-hydroxylation sites is 1. The number of rotatable bonds is 8. The Balaban J connectivity index is 1.89. The first-order valence-corrected chi connectivity index (χ1v) is 8.17. The number of benzene rings is 2. The lowest BCUT2D eigenvalue weighted by molar-refractivity contribution is 0.0231. The Morgan fingerprint density at radius 2 is 1.52 bits per heavy atom. The van der Waals surface area contributed by atoms with Gasteiger partial charge in [-0.25, -0.2) is 0 Å². The highest BCUT2D eigenvalue weighted by Crippen LogP contribution is 2.24. The van der Waals surface area contributed by atoms with Crippen LogP contribution in [0, 0.1) is 0 Å². The highest BCUT2D eigenvalue weighted by Gasteiger charge is 2.19. The monoisotopic (exact) mass is 313 g/mol. The third-order valence-corrected chi connectivity index (χ3v) is 3.47. The predicted octanol–water partition coefficient (Wildman–Crippen LogP) is 5.40. The fraction of sp³-hybridized carbons (Fsp3) is 0.400. The van der Waals surface area contributed by atoms with E-state index < -0.39 is 0 Å². The molecule has 0 spiro atoms. The summed E-state index contributed by atoms with van der Waals surface area (Å²) in [5.41, 5.74) is 1.88. The second kappa shape index (κ2) is 8.02. The minimum atomic E-state index is -0.247. The number of hydrogen-bond acceptors (Lipinski definition) is 3. The zero-order chi connectivity index (χ0) is 16.7. The molecule has 2 aromatic carbocycles. The van der Waals surface area contributed by atoms with Crippen molar-refractivity contribution in [2.24, 2.45) is 0 Å². The molecule has 0 radical (unpaired) electrons.